The Morgan fingerprint density at radius 3 is 2.38 bits per heavy atom. The van der Waals surface area contributed by atoms with Crippen LogP contribution in [-0.4, -0.2) is 17.9 Å². The Labute approximate surface area is 174 Å². The first-order valence-electron chi connectivity index (χ1n) is 9.24. The lowest BCUT2D eigenvalue weighted by molar-refractivity contribution is -0.117. The third kappa shape index (κ3) is 4.23. The van der Waals surface area contributed by atoms with E-state index in [2.05, 4.69) is 5.32 Å². The molecule has 1 aliphatic heterocycles. The maximum atomic E-state index is 12.2. The van der Waals surface area contributed by atoms with E-state index >= 15 is 0 Å². The van der Waals surface area contributed by atoms with Crippen LogP contribution in [-0.2, 0) is 4.79 Å². The molecule has 7 nitrogen and oxygen atoms in total. The molecule has 152 valence electrons. The zero-order valence-electron chi connectivity index (χ0n) is 16.4. The third-order valence-electron chi connectivity index (χ3n) is 5.09. The normalized spacial score (nSPS) is 18.9. The van der Waals surface area contributed by atoms with Gasteiger partial charge in [0.2, 0.25) is 11.8 Å². The van der Waals surface area contributed by atoms with Gasteiger partial charge in [0.25, 0.3) is 0 Å². The Bertz CT molecular complexity index is 958. The maximum Gasteiger partial charge on any atom is 0.248 e. The molecule has 2 unspecified atom stereocenters. The molecule has 0 aliphatic carbocycles. The zero-order chi connectivity index (χ0) is 21.1. The molecule has 1 aliphatic rings. The fraction of sp³-hybridized carbons (Fsp3) is 0.238. The van der Waals surface area contributed by atoms with Crippen molar-refractivity contribution in [2.75, 3.05) is 10.2 Å². The molecular weight excluding hydrogens is 386 g/mol. The average molecular weight is 412 g/mol. The Kier molecular flexibility index (Phi) is 6.14. The van der Waals surface area contributed by atoms with Gasteiger partial charge in [-0.1, -0.05) is 12.1 Å². The molecule has 0 aromatic heterocycles. The van der Waals surface area contributed by atoms with Crippen LogP contribution in [0.2, 0.25) is 0 Å². The zero-order valence-corrected chi connectivity index (χ0v) is 17.2. The van der Waals surface area contributed by atoms with Crippen molar-refractivity contribution in [2.24, 2.45) is 16.6 Å². The first-order valence-corrected chi connectivity index (χ1v) is 10.1. The fourth-order valence-corrected chi connectivity index (χ4v) is 4.12. The summed E-state index contributed by atoms with van der Waals surface area (Å²) in [5, 5.41) is 9.15. The second-order valence-electron chi connectivity index (χ2n) is 7.03. The van der Waals surface area contributed by atoms with Gasteiger partial charge in [0.1, 0.15) is 0 Å². The first-order chi connectivity index (χ1) is 13.8. The molecule has 0 fully saturated rings. The molecule has 3 rings (SSSR count). The molecule has 8 heteroatoms. The molecular formula is C21H25N5O2S. The van der Waals surface area contributed by atoms with Crippen molar-refractivity contribution in [2.45, 2.75) is 32.4 Å². The SMILES string of the molecule is CC(=O)N1c2ccc(C(N)=O)cc2C(Nc2ccc(/C(=C/N)SN)cc2)CC1C. The van der Waals surface area contributed by atoms with Gasteiger partial charge >= 0.3 is 0 Å². The number of nitrogens with one attached hydrogen (secondary N) is 1. The summed E-state index contributed by atoms with van der Waals surface area (Å²) < 4.78 is 0. The van der Waals surface area contributed by atoms with Crippen LogP contribution in [0, 0.1) is 0 Å². The predicted octanol–water partition coefficient (Wildman–Crippen LogP) is 2.95. The highest BCUT2D eigenvalue weighted by atomic mass is 32.2. The number of nitrogens with two attached hydrogens (primary N) is 3. The van der Waals surface area contributed by atoms with Crippen molar-refractivity contribution >= 4 is 40.0 Å². The maximum absolute atomic E-state index is 12.2. The lowest BCUT2D eigenvalue weighted by Crippen LogP contribution is -2.43. The molecule has 0 bridgehead atoms. The number of rotatable bonds is 5. The Hall–Kier alpha value is -2.97. The number of hydrogen-bond donors (Lipinski definition) is 4. The van der Waals surface area contributed by atoms with E-state index in [1.807, 2.05) is 31.2 Å². The highest BCUT2D eigenvalue weighted by Crippen LogP contribution is 2.39. The third-order valence-corrected chi connectivity index (χ3v) is 5.72. The second kappa shape index (κ2) is 8.59. The topological polar surface area (TPSA) is 127 Å². The van der Waals surface area contributed by atoms with Crippen LogP contribution in [0.25, 0.3) is 4.91 Å². The molecule has 0 saturated carbocycles. The molecule has 2 aromatic carbocycles. The Balaban J connectivity index is 1.95. The molecule has 2 amide bonds. The molecule has 2 aromatic rings. The van der Waals surface area contributed by atoms with E-state index < -0.39 is 5.91 Å². The van der Waals surface area contributed by atoms with Crippen LogP contribution in [0.5, 0.6) is 0 Å². The smallest absolute Gasteiger partial charge is 0.248 e. The van der Waals surface area contributed by atoms with Gasteiger partial charge in [-0.3, -0.25) is 14.7 Å². The molecule has 2 atom stereocenters. The minimum atomic E-state index is -0.496. The number of hydrogen-bond acceptors (Lipinski definition) is 6. The summed E-state index contributed by atoms with van der Waals surface area (Å²) in [5.41, 5.74) is 15.0. The van der Waals surface area contributed by atoms with Crippen molar-refractivity contribution in [1.29, 1.82) is 0 Å². The van der Waals surface area contributed by atoms with Crippen molar-refractivity contribution in [3.05, 3.63) is 65.4 Å². The average Bonchev–Trinajstić information content (AvgIpc) is 2.69. The van der Waals surface area contributed by atoms with Crippen LogP contribution in [0.15, 0.2) is 48.7 Å². The summed E-state index contributed by atoms with van der Waals surface area (Å²) in [7, 11) is 0. The van der Waals surface area contributed by atoms with Crippen LogP contribution in [0.1, 0.15) is 47.8 Å². The molecule has 7 N–H and O–H groups in total. The van der Waals surface area contributed by atoms with Crippen LogP contribution < -0.4 is 26.8 Å². The number of fused-ring (bicyclic) bond motifs is 1. The van der Waals surface area contributed by atoms with Gasteiger partial charge in [-0.15, -0.1) is 0 Å². The highest BCUT2D eigenvalue weighted by Gasteiger charge is 2.32. The summed E-state index contributed by atoms with van der Waals surface area (Å²) in [5.74, 6) is -0.530. The quantitative estimate of drug-likeness (QED) is 0.560. The van der Waals surface area contributed by atoms with Crippen molar-refractivity contribution < 1.29 is 9.59 Å². The standard InChI is InChI=1S/C21H25N5O2S/c1-12-9-18(25-16-6-3-14(4-7-16)20(11-22)29-24)17-10-15(21(23)28)5-8-19(17)26(12)13(2)27/h3-8,10-12,18,25H,9,22,24H2,1-2H3,(H2,23,28)/b20-11-. The van der Waals surface area contributed by atoms with E-state index in [9.17, 15) is 9.59 Å². The molecule has 29 heavy (non-hydrogen) atoms. The van der Waals surface area contributed by atoms with E-state index in [0.717, 1.165) is 39.4 Å². The summed E-state index contributed by atoms with van der Waals surface area (Å²) in [4.78, 5) is 26.4. The number of benzene rings is 2. The molecule has 0 spiro atoms. The minimum absolute atomic E-state index is 0.0108. The van der Waals surface area contributed by atoms with E-state index in [4.69, 9.17) is 16.6 Å². The molecule has 0 radical (unpaired) electrons. The predicted molar refractivity (Wildman–Crippen MR) is 119 cm³/mol. The van der Waals surface area contributed by atoms with Gasteiger partial charge in [0, 0.05) is 41.0 Å². The lowest BCUT2D eigenvalue weighted by Gasteiger charge is -2.39. The fourth-order valence-electron chi connectivity index (χ4n) is 3.77. The molecule has 1 heterocycles. The number of carbonyl (C=O) groups is 2. The number of carbonyl (C=O) groups excluding carboxylic acids is 2. The minimum Gasteiger partial charge on any atom is -0.404 e. The van der Waals surface area contributed by atoms with Crippen LogP contribution in [0.3, 0.4) is 0 Å². The van der Waals surface area contributed by atoms with Gasteiger partial charge < -0.3 is 21.7 Å². The van der Waals surface area contributed by atoms with E-state index in [1.54, 1.807) is 30.0 Å². The highest BCUT2D eigenvalue weighted by molar-refractivity contribution is 8.06. The number of nitrogens with zero attached hydrogens (tertiary/aromatic N) is 1. The Morgan fingerprint density at radius 1 is 1.17 bits per heavy atom. The van der Waals surface area contributed by atoms with E-state index in [1.165, 1.54) is 6.20 Å². The Morgan fingerprint density at radius 2 is 1.83 bits per heavy atom. The summed E-state index contributed by atoms with van der Waals surface area (Å²) in [6.45, 7) is 3.56. The first kappa shape index (κ1) is 20.8. The summed E-state index contributed by atoms with van der Waals surface area (Å²) >= 11 is 1.10. The van der Waals surface area contributed by atoms with Gasteiger partial charge in [0.15, 0.2) is 0 Å². The van der Waals surface area contributed by atoms with Gasteiger partial charge in [-0.25, -0.2) is 0 Å². The largest absolute Gasteiger partial charge is 0.404 e. The number of amides is 2. The molecule has 0 saturated heterocycles. The van der Waals surface area contributed by atoms with Crippen LogP contribution >= 0.6 is 11.9 Å². The summed E-state index contributed by atoms with van der Waals surface area (Å²) in [6.07, 6.45) is 2.18. The lowest BCUT2D eigenvalue weighted by atomic mass is 9.90. The van der Waals surface area contributed by atoms with Gasteiger partial charge in [-0.05, 0) is 66.8 Å². The van der Waals surface area contributed by atoms with Crippen LogP contribution in [0.4, 0.5) is 11.4 Å². The van der Waals surface area contributed by atoms with Gasteiger partial charge in [-0.2, -0.15) is 0 Å². The van der Waals surface area contributed by atoms with Crippen molar-refractivity contribution in [3.8, 4) is 0 Å². The van der Waals surface area contributed by atoms with E-state index in [-0.39, 0.29) is 18.0 Å². The van der Waals surface area contributed by atoms with Crippen molar-refractivity contribution in [1.82, 2.24) is 0 Å². The number of primary amides is 1. The summed E-state index contributed by atoms with van der Waals surface area (Å²) in [6, 6.07) is 12.9. The van der Waals surface area contributed by atoms with Crippen molar-refractivity contribution in [3.63, 3.8) is 0 Å². The monoisotopic (exact) mass is 411 g/mol. The van der Waals surface area contributed by atoms with Gasteiger partial charge in [0.05, 0.1) is 6.04 Å². The van der Waals surface area contributed by atoms with E-state index in [0.29, 0.717) is 12.0 Å². The second-order valence-corrected chi connectivity index (χ2v) is 7.71. The number of anilines is 2.